The zero-order chi connectivity index (χ0) is 12.3. The lowest BCUT2D eigenvalue weighted by atomic mass is 9.87. The van der Waals surface area contributed by atoms with Gasteiger partial charge in [-0.1, -0.05) is 38.0 Å². The van der Waals surface area contributed by atoms with Crippen molar-refractivity contribution < 1.29 is 4.79 Å². The number of carbonyl (C=O) groups is 1. The molecule has 0 radical (unpaired) electrons. The van der Waals surface area contributed by atoms with Crippen molar-refractivity contribution in [2.45, 2.75) is 45.6 Å². The van der Waals surface area contributed by atoms with Gasteiger partial charge in [-0.2, -0.15) is 0 Å². The van der Waals surface area contributed by atoms with E-state index in [1.807, 2.05) is 31.2 Å². The third-order valence-corrected chi connectivity index (χ3v) is 3.66. The van der Waals surface area contributed by atoms with E-state index >= 15 is 0 Å². The van der Waals surface area contributed by atoms with Gasteiger partial charge in [0.1, 0.15) is 0 Å². The smallest absolute Gasteiger partial charge is 0.251 e. The van der Waals surface area contributed by atoms with Crippen molar-refractivity contribution in [3.05, 3.63) is 35.4 Å². The summed E-state index contributed by atoms with van der Waals surface area (Å²) in [6.07, 6.45) is 4.79. The second-order valence-electron chi connectivity index (χ2n) is 5.26. The van der Waals surface area contributed by atoms with E-state index in [4.69, 9.17) is 0 Å². The molecule has 1 aromatic carbocycles. The zero-order valence-electron chi connectivity index (χ0n) is 10.7. The first-order valence-corrected chi connectivity index (χ1v) is 6.53. The molecule has 0 aliphatic heterocycles. The molecular weight excluding hydrogens is 210 g/mol. The molecule has 0 unspecified atom stereocenters. The van der Waals surface area contributed by atoms with Crippen LogP contribution in [0.5, 0.6) is 0 Å². The van der Waals surface area contributed by atoms with Gasteiger partial charge in [0.2, 0.25) is 0 Å². The van der Waals surface area contributed by atoms with Crippen LogP contribution in [0.4, 0.5) is 0 Å². The van der Waals surface area contributed by atoms with Crippen LogP contribution in [-0.4, -0.2) is 11.9 Å². The topological polar surface area (TPSA) is 29.1 Å². The van der Waals surface area contributed by atoms with Crippen molar-refractivity contribution >= 4 is 5.91 Å². The van der Waals surface area contributed by atoms with Crippen LogP contribution in [-0.2, 0) is 0 Å². The van der Waals surface area contributed by atoms with E-state index in [-0.39, 0.29) is 5.91 Å². The van der Waals surface area contributed by atoms with Crippen LogP contribution >= 0.6 is 0 Å². The van der Waals surface area contributed by atoms with Gasteiger partial charge in [-0.15, -0.1) is 0 Å². The third kappa shape index (κ3) is 3.09. The van der Waals surface area contributed by atoms with Crippen LogP contribution in [0.2, 0.25) is 0 Å². The van der Waals surface area contributed by atoms with Crippen molar-refractivity contribution in [1.29, 1.82) is 0 Å². The van der Waals surface area contributed by atoms with Crippen molar-refractivity contribution in [2.75, 3.05) is 0 Å². The van der Waals surface area contributed by atoms with E-state index in [0.717, 1.165) is 29.9 Å². The highest BCUT2D eigenvalue weighted by Crippen LogP contribution is 2.23. The summed E-state index contributed by atoms with van der Waals surface area (Å²) < 4.78 is 0. The molecule has 0 bridgehead atoms. The molecule has 2 atom stereocenters. The molecule has 1 N–H and O–H groups in total. The van der Waals surface area contributed by atoms with Crippen LogP contribution in [0.1, 0.15) is 48.5 Å². The fourth-order valence-corrected chi connectivity index (χ4v) is 2.66. The number of carbonyl (C=O) groups excluding carboxylic acids is 1. The van der Waals surface area contributed by atoms with E-state index in [9.17, 15) is 4.79 Å². The minimum atomic E-state index is 0.0854. The van der Waals surface area contributed by atoms with Crippen molar-refractivity contribution in [3.8, 4) is 0 Å². The normalized spacial score (nSPS) is 24.4. The predicted octanol–water partition coefficient (Wildman–Crippen LogP) is 3.30. The summed E-state index contributed by atoms with van der Waals surface area (Å²) in [5, 5.41) is 3.17. The first-order chi connectivity index (χ1) is 8.16. The highest BCUT2D eigenvalue weighted by atomic mass is 16.1. The van der Waals surface area contributed by atoms with Gasteiger partial charge in [-0.05, 0) is 37.3 Å². The van der Waals surface area contributed by atoms with E-state index in [0.29, 0.717) is 6.04 Å². The van der Waals surface area contributed by atoms with Gasteiger partial charge in [0, 0.05) is 11.6 Å². The van der Waals surface area contributed by atoms with Gasteiger partial charge in [0.15, 0.2) is 0 Å². The minimum Gasteiger partial charge on any atom is -0.349 e. The largest absolute Gasteiger partial charge is 0.349 e. The van der Waals surface area contributed by atoms with Crippen molar-refractivity contribution in [3.63, 3.8) is 0 Å². The van der Waals surface area contributed by atoms with E-state index in [1.54, 1.807) is 0 Å². The summed E-state index contributed by atoms with van der Waals surface area (Å²) in [7, 11) is 0. The predicted molar refractivity (Wildman–Crippen MR) is 70.1 cm³/mol. The molecule has 2 heteroatoms. The molecule has 1 aliphatic rings. The number of nitrogens with one attached hydrogen (secondary N) is 1. The Hall–Kier alpha value is -1.31. The second-order valence-corrected chi connectivity index (χ2v) is 5.26. The van der Waals surface area contributed by atoms with Crippen molar-refractivity contribution in [2.24, 2.45) is 5.92 Å². The summed E-state index contributed by atoms with van der Waals surface area (Å²) >= 11 is 0. The molecule has 0 saturated heterocycles. The SMILES string of the molecule is Cc1ccccc1C(=O)N[C@@H]1CCC[C@H](C)C1. The average Bonchev–Trinajstić information content (AvgIpc) is 2.29. The maximum Gasteiger partial charge on any atom is 0.251 e. The number of rotatable bonds is 2. The molecule has 1 aliphatic carbocycles. The lowest BCUT2D eigenvalue weighted by Crippen LogP contribution is -2.38. The Bertz CT molecular complexity index is 400. The molecule has 0 aromatic heterocycles. The molecule has 92 valence electrons. The second kappa shape index (κ2) is 5.35. The number of benzene rings is 1. The van der Waals surface area contributed by atoms with Gasteiger partial charge in [0.05, 0.1) is 0 Å². The molecule has 1 aromatic rings. The van der Waals surface area contributed by atoms with Gasteiger partial charge in [-0.3, -0.25) is 4.79 Å². The maximum atomic E-state index is 12.1. The summed E-state index contributed by atoms with van der Waals surface area (Å²) in [5.41, 5.74) is 1.86. The summed E-state index contributed by atoms with van der Waals surface area (Å²) in [4.78, 5) is 12.1. The molecule has 2 rings (SSSR count). The molecule has 2 nitrogen and oxygen atoms in total. The monoisotopic (exact) mass is 231 g/mol. The van der Waals surface area contributed by atoms with Crippen LogP contribution in [0.15, 0.2) is 24.3 Å². The lowest BCUT2D eigenvalue weighted by Gasteiger charge is -2.27. The Balaban J connectivity index is 1.99. The third-order valence-electron chi connectivity index (χ3n) is 3.66. The van der Waals surface area contributed by atoms with E-state index in [1.165, 1.54) is 12.8 Å². The van der Waals surface area contributed by atoms with Crippen molar-refractivity contribution in [1.82, 2.24) is 5.32 Å². The first kappa shape index (κ1) is 12.2. The number of hydrogen-bond donors (Lipinski definition) is 1. The summed E-state index contributed by atoms with van der Waals surface area (Å²) in [5.74, 6) is 0.827. The van der Waals surface area contributed by atoms with E-state index < -0.39 is 0 Å². The molecule has 1 fully saturated rings. The number of aryl methyl sites for hydroxylation is 1. The molecule has 17 heavy (non-hydrogen) atoms. The summed E-state index contributed by atoms with van der Waals surface area (Å²) in [6, 6.07) is 8.14. The molecular formula is C15H21NO. The van der Waals surface area contributed by atoms with Crippen LogP contribution in [0, 0.1) is 12.8 Å². The standard InChI is InChI=1S/C15H21NO/c1-11-6-5-8-13(10-11)16-15(17)14-9-4-3-7-12(14)2/h3-4,7,9,11,13H,5-6,8,10H2,1-2H3,(H,16,17)/t11-,13+/m0/s1. The minimum absolute atomic E-state index is 0.0854. The van der Waals surface area contributed by atoms with Gasteiger partial charge < -0.3 is 5.32 Å². The molecule has 1 saturated carbocycles. The Labute approximate surface area is 103 Å². The number of hydrogen-bond acceptors (Lipinski definition) is 1. The first-order valence-electron chi connectivity index (χ1n) is 6.53. The highest BCUT2D eigenvalue weighted by molar-refractivity contribution is 5.95. The molecule has 0 spiro atoms. The maximum absolute atomic E-state index is 12.1. The molecule has 0 heterocycles. The Kier molecular flexibility index (Phi) is 3.82. The summed E-state index contributed by atoms with van der Waals surface area (Å²) in [6.45, 7) is 4.25. The van der Waals surface area contributed by atoms with Crippen LogP contribution < -0.4 is 5.32 Å². The Morgan fingerprint density at radius 3 is 2.76 bits per heavy atom. The fourth-order valence-electron chi connectivity index (χ4n) is 2.66. The number of amides is 1. The Morgan fingerprint density at radius 2 is 2.06 bits per heavy atom. The quantitative estimate of drug-likeness (QED) is 0.831. The fraction of sp³-hybridized carbons (Fsp3) is 0.533. The van der Waals surface area contributed by atoms with Crippen LogP contribution in [0.25, 0.3) is 0 Å². The van der Waals surface area contributed by atoms with Gasteiger partial charge >= 0.3 is 0 Å². The zero-order valence-corrected chi connectivity index (χ0v) is 10.7. The van der Waals surface area contributed by atoms with Crippen LogP contribution in [0.3, 0.4) is 0 Å². The molecule has 1 amide bonds. The Morgan fingerprint density at radius 1 is 1.29 bits per heavy atom. The lowest BCUT2D eigenvalue weighted by molar-refractivity contribution is 0.0921. The van der Waals surface area contributed by atoms with E-state index in [2.05, 4.69) is 12.2 Å². The highest BCUT2D eigenvalue weighted by Gasteiger charge is 2.21. The average molecular weight is 231 g/mol. The van der Waals surface area contributed by atoms with Gasteiger partial charge in [0.25, 0.3) is 5.91 Å². The van der Waals surface area contributed by atoms with Gasteiger partial charge in [-0.25, -0.2) is 0 Å².